The molecule has 0 aliphatic rings. The fraction of sp³-hybridized carbons (Fsp3) is 0.176. The second-order valence-electron chi connectivity index (χ2n) is 4.71. The molecule has 22 heavy (non-hydrogen) atoms. The molecule has 0 radical (unpaired) electrons. The van der Waals surface area contributed by atoms with Crippen molar-refractivity contribution in [3.63, 3.8) is 0 Å². The lowest BCUT2D eigenvalue weighted by Gasteiger charge is -2.20. The second-order valence-corrected chi connectivity index (χ2v) is 4.71. The summed E-state index contributed by atoms with van der Waals surface area (Å²) in [6.45, 7) is 1.92. The summed E-state index contributed by atoms with van der Waals surface area (Å²) in [5.41, 5.74) is 0.291. The Morgan fingerprint density at radius 1 is 1.00 bits per heavy atom. The second kappa shape index (κ2) is 6.76. The first-order valence-corrected chi connectivity index (χ1v) is 6.85. The van der Waals surface area contributed by atoms with Crippen LogP contribution < -0.4 is 4.74 Å². The summed E-state index contributed by atoms with van der Waals surface area (Å²) in [6.07, 6.45) is 0.281. The van der Waals surface area contributed by atoms with Crippen LogP contribution in [0.4, 0.5) is 0 Å². The zero-order valence-electron chi connectivity index (χ0n) is 12.0. The highest BCUT2D eigenvalue weighted by molar-refractivity contribution is 6.03. The molecule has 0 saturated carbocycles. The molecule has 1 unspecified atom stereocenters. The third-order valence-electron chi connectivity index (χ3n) is 3.28. The van der Waals surface area contributed by atoms with Crippen molar-refractivity contribution in [1.29, 1.82) is 0 Å². The van der Waals surface area contributed by atoms with Gasteiger partial charge in [-0.3, -0.25) is 0 Å². The van der Waals surface area contributed by atoms with Crippen LogP contribution in [0, 0.1) is 0 Å². The summed E-state index contributed by atoms with van der Waals surface area (Å²) in [4.78, 5) is 22.6. The maximum Gasteiger partial charge on any atom is 0.340 e. The van der Waals surface area contributed by atoms with E-state index in [9.17, 15) is 14.7 Å². The van der Waals surface area contributed by atoms with E-state index in [0.717, 1.165) is 5.56 Å². The van der Waals surface area contributed by atoms with Crippen molar-refractivity contribution in [2.75, 3.05) is 0 Å². The van der Waals surface area contributed by atoms with Crippen molar-refractivity contribution < 1.29 is 24.5 Å². The normalized spacial score (nSPS) is 11.7. The van der Waals surface area contributed by atoms with Gasteiger partial charge in [0.1, 0.15) is 17.4 Å². The van der Waals surface area contributed by atoms with Crippen LogP contribution in [-0.4, -0.2) is 22.2 Å². The Balaban J connectivity index is 2.42. The van der Waals surface area contributed by atoms with E-state index in [1.54, 1.807) is 0 Å². The van der Waals surface area contributed by atoms with Crippen molar-refractivity contribution in [3.8, 4) is 5.75 Å². The fourth-order valence-corrected chi connectivity index (χ4v) is 2.24. The maximum atomic E-state index is 11.4. The topological polar surface area (TPSA) is 83.8 Å². The van der Waals surface area contributed by atoms with Gasteiger partial charge in [0, 0.05) is 0 Å². The van der Waals surface area contributed by atoms with Crippen LogP contribution in [0.25, 0.3) is 0 Å². The van der Waals surface area contributed by atoms with Crippen LogP contribution in [0.5, 0.6) is 5.75 Å². The van der Waals surface area contributed by atoms with E-state index in [1.165, 1.54) is 18.2 Å². The Hall–Kier alpha value is -2.82. The molecule has 2 aromatic rings. The quantitative estimate of drug-likeness (QED) is 0.851. The summed E-state index contributed by atoms with van der Waals surface area (Å²) in [5.74, 6) is -2.56. The number of carbonyl (C=O) groups is 2. The lowest BCUT2D eigenvalue weighted by Crippen LogP contribution is -2.13. The largest absolute Gasteiger partial charge is 0.485 e. The number of ether oxygens (including phenoxy) is 1. The lowest BCUT2D eigenvalue weighted by atomic mass is 10.0. The Bertz CT molecular complexity index is 679. The van der Waals surface area contributed by atoms with Crippen LogP contribution in [0.2, 0.25) is 0 Å². The van der Waals surface area contributed by atoms with Gasteiger partial charge in [-0.25, -0.2) is 9.59 Å². The van der Waals surface area contributed by atoms with Gasteiger partial charge in [-0.1, -0.05) is 43.3 Å². The van der Waals surface area contributed by atoms with E-state index in [-0.39, 0.29) is 23.0 Å². The van der Waals surface area contributed by atoms with Gasteiger partial charge in [0.15, 0.2) is 0 Å². The molecule has 0 amide bonds. The molecular weight excluding hydrogens is 284 g/mol. The summed E-state index contributed by atoms with van der Waals surface area (Å²) in [5, 5.41) is 18.4. The lowest BCUT2D eigenvalue weighted by molar-refractivity contribution is 0.0644. The SMILES string of the molecule is CCC(Oc1cccc(C(=O)O)c1C(=O)O)c1ccccc1. The van der Waals surface area contributed by atoms with Gasteiger partial charge in [-0.2, -0.15) is 0 Å². The van der Waals surface area contributed by atoms with E-state index in [1.807, 2.05) is 37.3 Å². The number of carboxylic acids is 2. The first kappa shape index (κ1) is 15.6. The van der Waals surface area contributed by atoms with Crippen LogP contribution in [0.15, 0.2) is 48.5 Å². The van der Waals surface area contributed by atoms with E-state index in [0.29, 0.717) is 6.42 Å². The van der Waals surface area contributed by atoms with Gasteiger partial charge in [0.05, 0.1) is 5.56 Å². The average Bonchev–Trinajstić information content (AvgIpc) is 2.52. The zero-order chi connectivity index (χ0) is 16.1. The van der Waals surface area contributed by atoms with Crippen LogP contribution in [0.3, 0.4) is 0 Å². The number of benzene rings is 2. The zero-order valence-corrected chi connectivity index (χ0v) is 12.0. The van der Waals surface area contributed by atoms with E-state index < -0.39 is 11.9 Å². The standard InChI is InChI=1S/C17H16O5/c1-2-13(11-7-4-3-5-8-11)22-14-10-6-9-12(16(18)19)15(14)17(20)21/h3-10,13H,2H2,1H3,(H,18,19)(H,20,21). The predicted molar refractivity (Wildman–Crippen MR) is 80.5 cm³/mol. The summed E-state index contributed by atoms with van der Waals surface area (Å²) in [6, 6.07) is 13.6. The number of rotatable bonds is 6. The van der Waals surface area contributed by atoms with Crippen molar-refractivity contribution >= 4 is 11.9 Å². The molecule has 0 fully saturated rings. The third-order valence-corrected chi connectivity index (χ3v) is 3.28. The van der Waals surface area contributed by atoms with Gasteiger partial charge in [0.25, 0.3) is 0 Å². The summed E-state index contributed by atoms with van der Waals surface area (Å²) < 4.78 is 5.79. The first-order chi connectivity index (χ1) is 10.5. The smallest absolute Gasteiger partial charge is 0.340 e. The predicted octanol–water partition coefficient (Wildman–Crippen LogP) is 3.61. The van der Waals surface area contributed by atoms with Gasteiger partial charge in [-0.05, 0) is 24.1 Å². The number of aromatic carboxylic acids is 2. The molecule has 0 aromatic heterocycles. The monoisotopic (exact) mass is 300 g/mol. The van der Waals surface area contributed by atoms with E-state index in [4.69, 9.17) is 9.84 Å². The maximum absolute atomic E-state index is 11.4. The van der Waals surface area contributed by atoms with Gasteiger partial charge in [-0.15, -0.1) is 0 Å². The molecule has 0 aliphatic heterocycles. The molecule has 0 heterocycles. The van der Waals surface area contributed by atoms with Crippen molar-refractivity contribution in [3.05, 3.63) is 65.2 Å². The highest BCUT2D eigenvalue weighted by atomic mass is 16.5. The van der Waals surface area contributed by atoms with Crippen LogP contribution in [-0.2, 0) is 0 Å². The molecule has 2 aromatic carbocycles. The van der Waals surface area contributed by atoms with Gasteiger partial charge >= 0.3 is 11.9 Å². The molecular formula is C17H16O5. The minimum Gasteiger partial charge on any atom is -0.485 e. The van der Waals surface area contributed by atoms with E-state index in [2.05, 4.69) is 0 Å². The fourth-order valence-electron chi connectivity index (χ4n) is 2.24. The minimum absolute atomic E-state index is 0.0584. The summed E-state index contributed by atoms with van der Waals surface area (Å²) in [7, 11) is 0. The molecule has 0 bridgehead atoms. The highest BCUT2D eigenvalue weighted by Crippen LogP contribution is 2.29. The molecule has 114 valence electrons. The highest BCUT2D eigenvalue weighted by Gasteiger charge is 2.23. The molecule has 0 saturated heterocycles. The Morgan fingerprint density at radius 2 is 1.68 bits per heavy atom. The molecule has 5 nitrogen and oxygen atoms in total. The number of carboxylic acid groups (broad SMARTS) is 2. The van der Waals surface area contributed by atoms with Gasteiger partial charge < -0.3 is 14.9 Å². The molecule has 1 atom stereocenters. The van der Waals surface area contributed by atoms with Crippen molar-refractivity contribution in [2.45, 2.75) is 19.4 Å². The third kappa shape index (κ3) is 3.25. The molecule has 2 N–H and O–H groups in total. The molecule has 5 heteroatoms. The van der Waals surface area contributed by atoms with Crippen LogP contribution >= 0.6 is 0 Å². The number of hydrogen-bond acceptors (Lipinski definition) is 3. The molecule has 0 spiro atoms. The Labute approximate surface area is 127 Å². The molecule has 0 aliphatic carbocycles. The minimum atomic E-state index is -1.32. The molecule has 2 rings (SSSR count). The Morgan fingerprint density at radius 3 is 2.23 bits per heavy atom. The Kier molecular flexibility index (Phi) is 4.78. The van der Waals surface area contributed by atoms with E-state index >= 15 is 0 Å². The average molecular weight is 300 g/mol. The summed E-state index contributed by atoms with van der Waals surface area (Å²) >= 11 is 0. The van der Waals surface area contributed by atoms with Crippen LogP contribution in [0.1, 0.15) is 45.7 Å². The first-order valence-electron chi connectivity index (χ1n) is 6.85. The van der Waals surface area contributed by atoms with Crippen molar-refractivity contribution in [1.82, 2.24) is 0 Å². The van der Waals surface area contributed by atoms with Gasteiger partial charge in [0.2, 0.25) is 0 Å². The number of hydrogen-bond donors (Lipinski definition) is 2. The van der Waals surface area contributed by atoms with Crippen molar-refractivity contribution in [2.24, 2.45) is 0 Å².